The van der Waals surface area contributed by atoms with E-state index in [9.17, 15) is 13.2 Å². The number of nitrogens with one attached hydrogen (secondary N) is 2. The molecule has 1 atom stereocenters. The predicted molar refractivity (Wildman–Crippen MR) is 74.6 cm³/mol. The van der Waals surface area contributed by atoms with Crippen LogP contribution in [0.1, 0.15) is 36.2 Å². The second kappa shape index (κ2) is 6.16. The van der Waals surface area contributed by atoms with Gasteiger partial charge in [-0.3, -0.25) is 4.79 Å². The fourth-order valence-electron chi connectivity index (χ4n) is 1.53. The van der Waals surface area contributed by atoms with Crippen LogP contribution in [0.4, 0.5) is 0 Å². The summed E-state index contributed by atoms with van der Waals surface area (Å²) in [5.41, 5.74) is 1.13. The molecule has 0 fully saturated rings. The zero-order chi connectivity index (χ0) is 14.6. The number of hydrogen-bond donors (Lipinski definition) is 2. The van der Waals surface area contributed by atoms with E-state index < -0.39 is 10.0 Å². The number of aryl methyl sites for hydroxylation is 1. The van der Waals surface area contributed by atoms with Gasteiger partial charge in [-0.05, 0) is 45.0 Å². The first-order valence-corrected chi connectivity index (χ1v) is 7.65. The molecule has 0 spiro atoms. The summed E-state index contributed by atoms with van der Waals surface area (Å²) in [7, 11) is -2.19. The molecule has 6 heteroatoms. The molecular weight excluding hydrogens is 264 g/mol. The maximum absolute atomic E-state index is 12.1. The lowest BCUT2D eigenvalue weighted by atomic mass is 10.1. The van der Waals surface area contributed by atoms with E-state index in [2.05, 4.69) is 10.0 Å². The smallest absolute Gasteiger partial charge is 0.251 e. The molecule has 1 aromatic rings. The van der Waals surface area contributed by atoms with Crippen LogP contribution in [0.2, 0.25) is 0 Å². The van der Waals surface area contributed by atoms with E-state index in [1.165, 1.54) is 19.2 Å². The van der Waals surface area contributed by atoms with Gasteiger partial charge in [-0.2, -0.15) is 0 Å². The Hall–Kier alpha value is -1.40. The average Bonchev–Trinajstić information content (AvgIpc) is 2.38. The van der Waals surface area contributed by atoms with Crippen LogP contribution in [0.3, 0.4) is 0 Å². The molecule has 2 N–H and O–H groups in total. The molecule has 0 saturated carbocycles. The van der Waals surface area contributed by atoms with Crippen LogP contribution in [0.15, 0.2) is 23.1 Å². The summed E-state index contributed by atoms with van der Waals surface area (Å²) >= 11 is 0. The highest BCUT2D eigenvalue weighted by Gasteiger charge is 2.17. The van der Waals surface area contributed by atoms with Crippen molar-refractivity contribution in [2.45, 2.75) is 38.1 Å². The monoisotopic (exact) mass is 284 g/mol. The SMILES string of the molecule is CCC(C)NC(=O)c1cc(S(=O)(=O)NC)ccc1C. The number of sulfonamides is 1. The normalized spacial score (nSPS) is 13.1. The van der Waals surface area contributed by atoms with Gasteiger partial charge in [0.25, 0.3) is 5.91 Å². The van der Waals surface area contributed by atoms with Gasteiger partial charge in [-0.25, -0.2) is 13.1 Å². The lowest BCUT2D eigenvalue weighted by Crippen LogP contribution is -2.32. The minimum atomic E-state index is -3.54. The van der Waals surface area contributed by atoms with Gasteiger partial charge in [0.15, 0.2) is 0 Å². The standard InChI is InChI=1S/C13H20N2O3S/c1-5-10(3)15-13(16)12-8-11(7-6-9(12)2)19(17,18)14-4/h6-8,10,14H,5H2,1-4H3,(H,15,16). The Labute approximate surface area is 114 Å². The van der Waals surface area contributed by atoms with Crippen LogP contribution in [0.25, 0.3) is 0 Å². The molecule has 5 nitrogen and oxygen atoms in total. The lowest BCUT2D eigenvalue weighted by Gasteiger charge is -2.13. The van der Waals surface area contributed by atoms with Crippen LogP contribution in [-0.2, 0) is 10.0 Å². The Kier molecular flexibility index (Phi) is 5.08. The van der Waals surface area contributed by atoms with Gasteiger partial charge in [0.1, 0.15) is 0 Å². The first kappa shape index (κ1) is 15.7. The molecule has 0 bridgehead atoms. The van der Waals surface area contributed by atoms with Gasteiger partial charge >= 0.3 is 0 Å². The summed E-state index contributed by atoms with van der Waals surface area (Å²) < 4.78 is 25.7. The fourth-order valence-corrected chi connectivity index (χ4v) is 2.29. The van der Waals surface area contributed by atoms with Crippen molar-refractivity contribution in [1.29, 1.82) is 0 Å². The maximum Gasteiger partial charge on any atom is 0.251 e. The van der Waals surface area contributed by atoms with Gasteiger partial charge < -0.3 is 5.32 Å². The minimum Gasteiger partial charge on any atom is -0.350 e. The first-order chi connectivity index (χ1) is 8.81. The topological polar surface area (TPSA) is 75.3 Å². The second-order valence-corrected chi connectivity index (χ2v) is 6.35. The molecule has 0 radical (unpaired) electrons. The quantitative estimate of drug-likeness (QED) is 0.859. The molecule has 1 aromatic carbocycles. The minimum absolute atomic E-state index is 0.0523. The van der Waals surface area contributed by atoms with Crippen LogP contribution in [0.5, 0.6) is 0 Å². The third-order valence-electron chi connectivity index (χ3n) is 3.02. The summed E-state index contributed by atoms with van der Waals surface area (Å²) in [6, 6.07) is 4.58. The molecule has 19 heavy (non-hydrogen) atoms. The average molecular weight is 284 g/mol. The van der Waals surface area contributed by atoms with Crippen molar-refractivity contribution in [2.24, 2.45) is 0 Å². The number of benzene rings is 1. The number of carbonyl (C=O) groups is 1. The van der Waals surface area contributed by atoms with Gasteiger partial charge in [0.05, 0.1) is 4.90 Å². The highest BCUT2D eigenvalue weighted by molar-refractivity contribution is 7.89. The zero-order valence-electron chi connectivity index (χ0n) is 11.6. The molecule has 0 heterocycles. The lowest BCUT2D eigenvalue weighted by molar-refractivity contribution is 0.0938. The highest BCUT2D eigenvalue weighted by Crippen LogP contribution is 2.15. The van der Waals surface area contributed by atoms with E-state index in [4.69, 9.17) is 0 Å². The summed E-state index contributed by atoms with van der Waals surface area (Å²) in [4.78, 5) is 12.2. The van der Waals surface area contributed by atoms with Crippen LogP contribution >= 0.6 is 0 Å². The third-order valence-corrected chi connectivity index (χ3v) is 4.43. The number of amides is 1. The van der Waals surface area contributed by atoms with Crippen molar-refractivity contribution < 1.29 is 13.2 Å². The van der Waals surface area contributed by atoms with Gasteiger partial charge in [0, 0.05) is 11.6 Å². The molecule has 1 rings (SSSR count). The Morgan fingerprint density at radius 2 is 2.00 bits per heavy atom. The summed E-state index contributed by atoms with van der Waals surface area (Å²) in [5, 5.41) is 2.83. The fraction of sp³-hybridized carbons (Fsp3) is 0.462. The highest BCUT2D eigenvalue weighted by atomic mass is 32.2. The van der Waals surface area contributed by atoms with E-state index in [1.807, 2.05) is 13.8 Å². The Morgan fingerprint density at radius 1 is 1.37 bits per heavy atom. The largest absolute Gasteiger partial charge is 0.350 e. The Bertz CT molecular complexity index is 567. The van der Waals surface area contributed by atoms with Crippen LogP contribution in [-0.4, -0.2) is 27.4 Å². The van der Waals surface area contributed by atoms with Gasteiger partial charge in [-0.1, -0.05) is 13.0 Å². The van der Waals surface area contributed by atoms with Crippen LogP contribution < -0.4 is 10.0 Å². The first-order valence-electron chi connectivity index (χ1n) is 6.17. The van der Waals surface area contributed by atoms with Crippen molar-refractivity contribution >= 4 is 15.9 Å². The molecule has 1 amide bonds. The molecule has 106 valence electrons. The number of hydrogen-bond acceptors (Lipinski definition) is 3. The number of rotatable bonds is 5. The number of carbonyl (C=O) groups excluding carboxylic acids is 1. The van der Waals surface area contributed by atoms with Crippen LogP contribution in [0, 0.1) is 6.92 Å². The van der Waals surface area contributed by atoms with E-state index in [0.717, 1.165) is 12.0 Å². The molecule has 0 aliphatic carbocycles. The molecule has 0 aromatic heterocycles. The summed E-state index contributed by atoms with van der Waals surface area (Å²) in [6.45, 7) is 5.66. The molecule has 0 aliphatic rings. The summed E-state index contributed by atoms with van der Waals surface area (Å²) in [6.07, 6.45) is 0.819. The van der Waals surface area contributed by atoms with Crippen molar-refractivity contribution in [2.75, 3.05) is 7.05 Å². The maximum atomic E-state index is 12.1. The molecule has 0 saturated heterocycles. The van der Waals surface area contributed by atoms with E-state index in [1.54, 1.807) is 13.0 Å². The third kappa shape index (κ3) is 3.78. The second-order valence-electron chi connectivity index (χ2n) is 4.47. The Morgan fingerprint density at radius 3 is 2.53 bits per heavy atom. The van der Waals surface area contributed by atoms with Crippen molar-refractivity contribution in [3.05, 3.63) is 29.3 Å². The van der Waals surface area contributed by atoms with Crippen molar-refractivity contribution in [3.8, 4) is 0 Å². The van der Waals surface area contributed by atoms with E-state index in [-0.39, 0.29) is 16.8 Å². The predicted octanol–water partition coefficient (Wildman–Crippen LogP) is 1.43. The molecule has 0 aliphatic heterocycles. The van der Waals surface area contributed by atoms with E-state index >= 15 is 0 Å². The summed E-state index contributed by atoms with van der Waals surface area (Å²) in [5.74, 6) is -0.250. The van der Waals surface area contributed by atoms with Crippen molar-refractivity contribution in [3.63, 3.8) is 0 Å². The Balaban J connectivity index is 3.15. The zero-order valence-corrected chi connectivity index (χ0v) is 12.5. The molecular formula is C13H20N2O3S. The molecule has 1 unspecified atom stereocenters. The van der Waals surface area contributed by atoms with Gasteiger partial charge in [-0.15, -0.1) is 0 Å². The van der Waals surface area contributed by atoms with Crippen molar-refractivity contribution in [1.82, 2.24) is 10.0 Å². The van der Waals surface area contributed by atoms with Gasteiger partial charge in [0.2, 0.25) is 10.0 Å². The van der Waals surface area contributed by atoms with E-state index in [0.29, 0.717) is 5.56 Å².